The maximum Gasteiger partial charge on any atom is 0.269 e. The molecule has 6 heteroatoms. The zero-order chi connectivity index (χ0) is 14.0. The Morgan fingerprint density at radius 2 is 2.21 bits per heavy atom. The SMILES string of the molecule is CCN(C(=O)c1ccc([N+](=O)[O-])cc1C)C1CNC1. The van der Waals surface area contributed by atoms with Crippen LogP contribution in [0.3, 0.4) is 0 Å². The lowest BCUT2D eigenvalue weighted by molar-refractivity contribution is -0.384. The third-order valence-electron chi connectivity index (χ3n) is 3.45. The van der Waals surface area contributed by atoms with Gasteiger partial charge in [0.1, 0.15) is 0 Å². The molecule has 0 unspecified atom stereocenters. The summed E-state index contributed by atoms with van der Waals surface area (Å²) >= 11 is 0. The van der Waals surface area contributed by atoms with E-state index >= 15 is 0 Å². The van der Waals surface area contributed by atoms with E-state index in [-0.39, 0.29) is 17.6 Å². The molecule has 0 aromatic heterocycles. The van der Waals surface area contributed by atoms with Crippen molar-refractivity contribution in [3.8, 4) is 0 Å². The van der Waals surface area contributed by atoms with Crippen LogP contribution in [0.25, 0.3) is 0 Å². The molecule has 0 radical (unpaired) electrons. The largest absolute Gasteiger partial charge is 0.333 e. The fourth-order valence-electron chi connectivity index (χ4n) is 2.22. The topological polar surface area (TPSA) is 75.5 Å². The first kappa shape index (κ1) is 13.5. The van der Waals surface area contributed by atoms with Crippen LogP contribution >= 0.6 is 0 Å². The molecule has 0 saturated carbocycles. The van der Waals surface area contributed by atoms with Crippen molar-refractivity contribution in [3.05, 3.63) is 39.4 Å². The first-order valence-electron chi connectivity index (χ1n) is 6.31. The van der Waals surface area contributed by atoms with Gasteiger partial charge in [0.25, 0.3) is 11.6 Å². The molecule has 0 atom stereocenters. The van der Waals surface area contributed by atoms with E-state index in [1.807, 2.05) is 11.8 Å². The molecule has 1 aromatic carbocycles. The van der Waals surface area contributed by atoms with E-state index in [4.69, 9.17) is 0 Å². The zero-order valence-corrected chi connectivity index (χ0v) is 11.0. The number of likely N-dealkylation sites (N-methyl/N-ethyl adjacent to an activating group) is 1. The monoisotopic (exact) mass is 263 g/mol. The molecular weight excluding hydrogens is 246 g/mol. The predicted octanol–water partition coefficient (Wildman–Crippen LogP) is 1.34. The molecule has 1 N–H and O–H groups in total. The van der Waals surface area contributed by atoms with Gasteiger partial charge in [-0.1, -0.05) is 0 Å². The van der Waals surface area contributed by atoms with E-state index in [0.717, 1.165) is 13.1 Å². The minimum Gasteiger partial charge on any atom is -0.333 e. The second-order valence-electron chi connectivity index (χ2n) is 4.66. The average Bonchev–Trinajstić information content (AvgIpc) is 2.32. The van der Waals surface area contributed by atoms with Crippen LogP contribution in [-0.2, 0) is 0 Å². The Balaban J connectivity index is 2.25. The van der Waals surface area contributed by atoms with Gasteiger partial charge < -0.3 is 10.2 Å². The van der Waals surface area contributed by atoms with Gasteiger partial charge in [0, 0.05) is 37.3 Å². The Labute approximate surface area is 111 Å². The lowest BCUT2D eigenvalue weighted by Crippen LogP contribution is -2.58. The summed E-state index contributed by atoms with van der Waals surface area (Å²) in [4.78, 5) is 24.5. The van der Waals surface area contributed by atoms with Crippen molar-refractivity contribution in [3.63, 3.8) is 0 Å². The number of benzene rings is 1. The number of amides is 1. The number of nitrogens with one attached hydrogen (secondary N) is 1. The summed E-state index contributed by atoms with van der Waals surface area (Å²) in [6, 6.07) is 4.60. The molecule has 2 rings (SSSR count). The highest BCUT2D eigenvalue weighted by molar-refractivity contribution is 5.96. The number of hydrogen-bond acceptors (Lipinski definition) is 4. The fourth-order valence-corrected chi connectivity index (χ4v) is 2.22. The van der Waals surface area contributed by atoms with Gasteiger partial charge in [-0.3, -0.25) is 14.9 Å². The summed E-state index contributed by atoms with van der Waals surface area (Å²) in [5, 5.41) is 13.8. The highest BCUT2D eigenvalue weighted by Gasteiger charge is 2.28. The zero-order valence-electron chi connectivity index (χ0n) is 11.0. The van der Waals surface area contributed by atoms with Gasteiger partial charge >= 0.3 is 0 Å². The number of nitrogens with zero attached hydrogens (tertiary/aromatic N) is 2. The normalized spacial score (nSPS) is 14.8. The third kappa shape index (κ3) is 2.58. The Bertz CT molecular complexity index is 512. The lowest BCUT2D eigenvalue weighted by Gasteiger charge is -2.37. The standard InChI is InChI=1S/C13H17N3O3/c1-3-15(11-7-14-8-11)13(17)12-5-4-10(16(18)19)6-9(12)2/h4-6,11,14H,3,7-8H2,1-2H3. The second kappa shape index (κ2) is 5.36. The smallest absolute Gasteiger partial charge is 0.269 e. The van der Waals surface area contributed by atoms with Crippen molar-refractivity contribution < 1.29 is 9.72 Å². The van der Waals surface area contributed by atoms with Gasteiger partial charge in [-0.25, -0.2) is 0 Å². The predicted molar refractivity (Wildman–Crippen MR) is 71.2 cm³/mol. The summed E-state index contributed by atoms with van der Waals surface area (Å²) < 4.78 is 0. The number of non-ortho nitro benzene ring substituents is 1. The Kier molecular flexibility index (Phi) is 3.80. The van der Waals surface area contributed by atoms with Crippen LogP contribution in [0.15, 0.2) is 18.2 Å². The van der Waals surface area contributed by atoms with Crippen LogP contribution < -0.4 is 5.32 Å². The quantitative estimate of drug-likeness (QED) is 0.657. The Morgan fingerprint density at radius 3 is 2.63 bits per heavy atom. The summed E-state index contributed by atoms with van der Waals surface area (Å²) in [5.74, 6) is -0.0543. The number of nitro benzene ring substituents is 1. The van der Waals surface area contributed by atoms with Gasteiger partial charge in [-0.2, -0.15) is 0 Å². The molecule has 1 amide bonds. The number of rotatable bonds is 4. The molecule has 0 bridgehead atoms. The molecule has 0 aliphatic carbocycles. The van der Waals surface area contributed by atoms with Gasteiger partial charge in [0.15, 0.2) is 0 Å². The Morgan fingerprint density at radius 1 is 1.53 bits per heavy atom. The van der Waals surface area contributed by atoms with Gasteiger partial charge in [-0.15, -0.1) is 0 Å². The second-order valence-corrected chi connectivity index (χ2v) is 4.66. The maximum absolute atomic E-state index is 12.4. The van der Waals surface area contributed by atoms with Crippen LogP contribution in [0.5, 0.6) is 0 Å². The fraction of sp³-hybridized carbons (Fsp3) is 0.462. The molecule has 1 heterocycles. The summed E-state index contributed by atoms with van der Waals surface area (Å²) in [7, 11) is 0. The van der Waals surface area contributed by atoms with E-state index < -0.39 is 4.92 Å². The number of carbonyl (C=O) groups is 1. The highest BCUT2D eigenvalue weighted by atomic mass is 16.6. The van der Waals surface area contributed by atoms with E-state index in [0.29, 0.717) is 17.7 Å². The number of carbonyl (C=O) groups excluding carboxylic acids is 1. The maximum atomic E-state index is 12.4. The van der Waals surface area contributed by atoms with Crippen LogP contribution in [0.1, 0.15) is 22.8 Å². The summed E-state index contributed by atoms with van der Waals surface area (Å²) in [6.45, 7) is 5.93. The molecule has 1 fully saturated rings. The average molecular weight is 263 g/mol. The first-order valence-corrected chi connectivity index (χ1v) is 6.31. The van der Waals surface area contributed by atoms with Crippen molar-refractivity contribution in [2.75, 3.05) is 19.6 Å². The molecule has 1 aliphatic heterocycles. The summed E-state index contributed by atoms with van der Waals surface area (Å²) in [6.07, 6.45) is 0. The molecule has 102 valence electrons. The van der Waals surface area contributed by atoms with Crippen molar-refractivity contribution >= 4 is 11.6 Å². The molecule has 19 heavy (non-hydrogen) atoms. The third-order valence-corrected chi connectivity index (χ3v) is 3.45. The number of hydrogen-bond donors (Lipinski definition) is 1. The molecular formula is C13H17N3O3. The summed E-state index contributed by atoms with van der Waals surface area (Å²) in [5.41, 5.74) is 1.20. The van der Waals surface area contributed by atoms with Gasteiger partial charge in [0.2, 0.25) is 0 Å². The van der Waals surface area contributed by atoms with Gasteiger partial charge in [0.05, 0.1) is 11.0 Å². The lowest BCUT2D eigenvalue weighted by atomic mass is 10.0. The van der Waals surface area contributed by atoms with Crippen molar-refractivity contribution in [2.45, 2.75) is 19.9 Å². The van der Waals surface area contributed by atoms with Crippen molar-refractivity contribution in [1.29, 1.82) is 0 Å². The van der Waals surface area contributed by atoms with E-state index in [1.54, 1.807) is 13.0 Å². The van der Waals surface area contributed by atoms with E-state index in [1.165, 1.54) is 12.1 Å². The van der Waals surface area contributed by atoms with Gasteiger partial charge in [-0.05, 0) is 25.5 Å². The minimum absolute atomic E-state index is 0.0161. The van der Waals surface area contributed by atoms with Crippen molar-refractivity contribution in [2.24, 2.45) is 0 Å². The first-order chi connectivity index (χ1) is 9.04. The van der Waals surface area contributed by atoms with Crippen molar-refractivity contribution in [1.82, 2.24) is 10.2 Å². The van der Waals surface area contributed by atoms with Crippen LogP contribution in [-0.4, -0.2) is 41.4 Å². The van der Waals surface area contributed by atoms with E-state index in [9.17, 15) is 14.9 Å². The number of aryl methyl sites for hydroxylation is 1. The number of nitro groups is 1. The molecule has 1 saturated heterocycles. The van der Waals surface area contributed by atoms with Crippen LogP contribution in [0.4, 0.5) is 5.69 Å². The molecule has 1 aliphatic rings. The highest BCUT2D eigenvalue weighted by Crippen LogP contribution is 2.20. The van der Waals surface area contributed by atoms with E-state index in [2.05, 4.69) is 5.32 Å². The molecule has 1 aromatic rings. The molecule has 6 nitrogen and oxygen atoms in total. The Hall–Kier alpha value is -1.95. The van der Waals surface area contributed by atoms with Crippen LogP contribution in [0, 0.1) is 17.0 Å². The minimum atomic E-state index is -0.450. The van der Waals surface area contributed by atoms with Crippen LogP contribution in [0.2, 0.25) is 0 Å². The molecule has 0 spiro atoms.